The molecular formula is C25H38ClN7O3. The van der Waals surface area contributed by atoms with Crippen molar-refractivity contribution in [3.05, 3.63) is 17.3 Å². The lowest BCUT2D eigenvalue weighted by molar-refractivity contribution is 0.00944. The van der Waals surface area contributed by atoms with E-state index < -0.39 is 5.60 Å². The standard InChI is InChI=1S/C25H38ClN7O3/c1-6-18-16-32(21-20(26)14-17(15-28-21)22-29-30-23(35-22)27-7-2)12-13-33(18)19-8-10-31(11-9-19)24(34)36-25(3,4)5/h14-15,18-19H,6-13,16H2,1-5H3,(H,27,30)/t18-/m0/s1. The number of halogens is 1. The number of piperazine rings is 1. The van der Waals surface area contributed by atoms with Crippen molar-refractivity contribution in [2.75, 3.05) is 49.5 Å². The molecule has 0 radical (unpaired) electrons. The summed E-state index contributed by atoms with van der Waals surface area (Å²) < 4.78 is 11.2. The summed E-state index contributed by atoms with van der Waals surface area (Å²) in [6.07, 6.45) is 4.49. The number of nitrogens with zero attached hydrogens (tertiary/aromatic N) is 6. The number of likely N-dealkylation sites (tertiary alicyclic amines) is 1. The van der Waals surface area contributed by atoms with E-state index in [0.29, 0.717) is 41.1 Å². The highest BCUT2D eigenvalue weighted by Crippen LogP contribution is 2.32. The number of carbonyl (C=O) groups excluding carboxylic acids is 1. The third-order valence-corrected chi connectivity index (χ3v) is 6.98. The molecule has 2 aromatic heterocycles. The molecule has 0 spiro atoms. The average Bonchev–Trinajstić information content (AvgIpc) is 3.31. The van der Waals surface area contributed by atoms with Crippen molar-refractivity contribution in [3.8, 4) is 11.5 Å². The Morgan fingerprint density at radius 3 is 2.58 bits per heavy atom. The molecule has 4 rings (SSSR count). The number of aromatic nitrogens is 3. The van der Waals surface area contributed by atoms with Gasteiger partial charge in [0, 0.05) is 57.5 Å². The average molecular weight is 520 g/mol. The van der Waals surface area contributed by atoms with Crippen LogP contribution in [0.15, 0.2) is 16.7 Å². The van der Waals surface area contributed by atoms with Crippen LogP contribution >= 0.6 is 11.6 Å². The molecule has 2 aromatic rings. The fourth-order valence-electron chi connectivity index (χ4n) is 4.96. The van der Waals surface area contributed by atoms with Crippen molar-refractivity contribution in [1.29, 1.82) is 0 Å². The third kappa shape index (κ3) is 6.21. The summed E-state index contributed by atoms with van der Waals surface area (Å²) in [5, 5.41) is 11.6. The van der Waals surface area contributed by atoms with Gasteiger partial charge in [-0.1, -0.05) is 23.6 Å². The highest BCUT2D eigenvalue weighted by atomic mass is 35.5. The first-order valence-electron chi connectivity index (χ1n) is 12.9. The molecule has 198 valence electrons. The largest absolute Gasteiger partial charge is 0.444 e. The van der Waals surface area contributed by atoms with Crippen molar-refractivity contribution in [2.24, 2.45) is 0 Å². The molecule has 10 nitrogen and oxygen atoms in total. The van der Waals surface area contributed by atoms with Crippen LogP contribution < -0.4 is 10.2 Å². The monoisotopic (exact) mass is 519 g/mol. The molecule has 4 heterocycles. The fourth-order valence-corrected chi connectivity index (χ4v) is 5.24. The van der Waals surface area contributed by atoms with Crippen molar-refractivity contribution >= 4 is 29.5 Å². The quantitative estimate of drug-likeness (QED) is 0.590. The predicted molar refractivity (Wildman–Crippen MR) is 141 cm³/mol. The highest BCUT2D eigenvalue weighted by molar-refractivity contribution is 6.33. The van der Waals surface area contributed by atoms with E-state index in [1.54, 1.807) is 6.20 Å². The number of hydrogen-bond acceptors (Lipinski definition) is 9. The van der Waals surface area contributed by atoms with Crippen LogP contribution in [0.5, 0.6) is 0 Å². The Balaban J connectivity index is 1.36. The van der Waals surface area contributed by atoms with E-state index in [9.17, 15) is 4.79 Å². The summed E-state index contributed by atoms with van der Waals surface area (Å²) >= 11 is 6.68. The normalized spacial score (nSPS) is 20.0. The molecule has 11 heteroatoms. The molecule has 0 aromatic carbocycles. The molecular weight excluding hydrogens is 482 g/mol. The van der Waals surface area contributed by atoms with Gasteiger partial charge in [-0.3, -0.25) is 4.90 Å². The van der Waals surface area contributed by atoms with E-state index in [0.717, 1.165) is 57.8 Å². The molecule has 1 amide bonds. The maximum Gasteiger partial charge on any atom is 0.410 e. The predicted octanol–water partition coefficient (Wildman–Crippen LogP) is 4.52. The van der Waals surface area contributed by atoms with Crippen LogP contribution in [0.2, 0.25) is 5.02 Å². The van der Waals surface area contributed by atoms with Gasteiger partial charge in [-0.25, -0.2) is 9.78 Å². The van der Waals surface area contributed by atoms with Crippen molar-refractivity contribution < 1.29 is 13.9 Å². The van der Waals surface area contributed by atoms with Gasteiger partial charge in [-0.2, -0.15) is 0 Å². The Morgan fingerprint density at radius 1 is 1.19 bits per heavy atom. The van der Waals surface area contributed by atoms with E-state index >= 15 is 0 Å². The van der Waals surface area contributed by atoms with Crippen LogP contribution in [-0.4, -0.2) is 88.0 Å². The molecule has 2 aliphatic heterocycles. The lowest BCUT2D eigenvalue weighted by Crippen LogP contribution is -2.59. The number of anilines is 2. The van der Waals surface area contributed by atoms with Crippen molar-refractivity contribution in [1.82, 2.24) is 25.0 Å². The van der Waals surface area contributed by atoms with Crippen LogP contribution in [0.1, 0.15) is 53.9 Å². The molecule has 1 atom stereocenters. The summed E-state index contributed by atoms with van der Waals surface area (Å²) in [7, 11) is 0. The van der Waals surface area contributed by atoms with Gasteiger partial charge in [0.1, 0.15) is 11.4 Å². The number of piperidine rings is 1. The Bertz CT molecular complexity index is 1030. The number of hydrogen-bond donors (Lipinski definition) is 1. The molecule has 1 N–H and O–H groups in total. The summed E-state index contributed by atoms with van der Waals surface area (Å²) in [4.78, 5) is 23.8. The van der Waals surface area contributed by atoms with Crippen LogP contribution in [0.25, 0.3) is 11.5 Å². The van der Waals surface area contributed by atoms with Gasteiger partial charge in [0.25, 0.3) is 5.89 Å². The molecule has 2 aliphatic rings. The first-order chi connectivity index (χ1) is 17.2. The van der Waals surface area contributed by atoms with Crippen LogP contribution in [0.3, 0.4) is 0 Å². The van der Waals surface area contributed by atoms with Crippen molar-refractivity contribution in [2.45, 2.75) is 71.6 Å². The Hall–Kier alpha value is -2.59. The van der Waals surface area contributed by atoms with Gasteiger partial charge < -0.3 is 24.3 Å². The summed E-state index contributed by atoms with van der Waals surface area (Å²) in [5.41, 5.74) is 0.230. The summed E-state index contributed by atoms with van der Waals surface area (Å²) in [6, 6.07) is 3.08. The molecule has 0 aliphatic carbocycles. The number of nitrogens with one attached hydrogen (secondary N) is 1. The Morgan fingerprint density at radius 2 is 1.94 bits per heavy atom. The van der Waals surface area contributed by atoms with Crippen LogP contribution in [0, 0.1) is 0 Å². The second-order valence-electron chi connectivity index (χ2n) is 10.4. The molecule has 36 heavy (non-hydrogen) atoms. The lowest BCUT2D eigenvalue weighted by atomic mass is 9.98. The van der Waals surface area contributed by atoms with Gasteiger partial charge in [-0.15, -0.1) is 5.10 Å². The smallest absolute Gasteiger partial charge is 0.410 e. The molecule has 0 unspecified atom stereocenters. The number of ether oxygens (including phenoxy) is 1. The second-order valence-corrected chi connectivity index (χ2v) is 10.8. The minimum Gasteiger partial charge on any atom is -0.444 e. The van der Waals surface area contributed by atoms with Gasteiger partial charge in [0.05, 0.1) is 10.6 Å². The van der Waals surface area contributed by atoms with Crippen LogP contribution in [-0.2, 0) is 4.74 Å². The van der Waals surface area contributed by atoms with E-state index in [1.165, 1.54) is 0 Å². The number of carbonyl (C=O) groups is 1. The number of amides is 1. The molecule has 2 saturated heterocycles. The Labute approximate surface area is 218 Å². The molecule has 0 saturated carbocycles. The first kappa shape index (κ1) is 26.5. The maximum absolute atomic E-state index is 12.4. The first-order valence-corrected chi connectivity index (χ1v) is 13.3. The van der Waals surface area contributed by atoms with Gasteiger partial charge in [0.15, 0.2) is 0 Å². The van der Waals surface area contributed by atoms with E-state index in [1.807, 2.05) is 38.7 Å². The second kappa shape index (κ2) is 11.2. The van der Waals surface area contributed by atoms with Gasteiger partial charge in [0.2, 0.25) is 0 Å². The molecule has 0 bridgehead atoms. The van der Waals surface area contributed by atoms with Gasteiger partial charge >= 0.3 is 12.1 Å². The number of rotatable bonds is 6. The van der Waals surface area contributed by atoms with Gasteiger partial charge in [-0.05, 0) is 53.0 Å². The lowest BCUT2D eigenvalue weighted by Gasteiger charge is -2.47. The summed E-state index contributed by atoms with van der Waals surface area (Å²) in [6.45, 7) is 14.7. The fraction of sp³-hybridized carbons (Fsp3) is 0.680. The Kier molecular flexibility index (Phi) is 8.24. The zero-order chi connectivity index (χ0) is 25.9. The van der Waals surface area contributed by atoms with E-state index in [4.69, 9.17) is 20.8 Å². The van der Waals surface area contributed by atoms with Crippen molar-refractivity contribution in [3.63, 3.8) is 0 Å². The van der Waals surface area contributed by atoms with E-state index in [-0.39, 0.29) is 6.09 Å². The van der Waals surface area contributed by atoms with Crippen LogP contribution in [0.4, 0.5) is 16.6 Å². The zero-order valence-electron chi connectivity index (χ0n) is 22.0. The minimum absolute atomic E-state index is 0.208. The minimum atomic E-state index is -0.467. The van der Waals surface area contributed by atoms with E-state index in [2.05, 4.69) is 37.2 Å². The third-order valence-electron chi connectivity index (χ3n) is 6.71. The summed E-state index contributed by atoms with van der Waals surface area (Å²) in [5.74, 6) is 1.17. The maximum atomic E-state index is 12.4. The number of pyridine rings is 1. The zero-order valence-corrected chi connectivity index (χ0v) is 22.7. The highest BCUT2D eigenvalue weighted by Gasteiger charge is 2.35. The SMILES string of the molecule is CCNc1nnc(-c2cnc(N3CCN(C4CCN(C(=O)OC(C)(C)C)CC4)[C@@H](CC)C3)c(Cl)c2)o1. The molecule has 2 fully saturated rings. The topological polar surface area (TPSA) is 99.9 Å².